The van der Waals surface area contributed by atoms with Crippen molar-refractivity contribution in [2.24, 2.45) is 4.99 Å². The minimum absolute atomic E-state index is 0. The fourth-order valence-corrected chi connectivity index (χ4v) is 2.79. The third kappa shape index (κ3) is 9.28. The maximum Gasteiger partial charge on any atom is 0.219 e. The number of carbonyl (C=O) groups excluding carboxylic acids is 1. The van der Waals surface area contributed by atoms with Crippen LogP contribution in [-0.4, -0.2) is 80.6 Å². The number of nitrogens with one attached hydrogen (secondary N) is 2. The Kier molecular flexibility index (Phi) is 11.8. The normalized spacial score (nSPS) is 15.0. The number of hydrogen-bond acceptors (Lipinski definition) is 4. The second-order valence-corrected chi connectivity index (χ2v) is 6.20. The highest BCUT2D eigenvalue weighted by molar-refractivity contribution is 14.0. The molecule has 0 radical (unpaired) electrons. The van der Waals surface area contributed by atoms with Crippen molar-refractivity contribution < 1.29 is 9.53 Å². The Hall–Kier alpha value is -1.55. The first-order valence-electron chi connectivity index (χ1n) is 9.37. The third-order valence-corrected chi connectivity index (χ3v) is 4.25. The Morgan fingerprint density at radius 2 is 1.85 bits per heavy atom. The molecule has 1 aliphatic heterocycles. The Labute approximate surface area is 179 Å². The maximum absolute atomic E-state index is 11.4. The van der Waals surface area contributed by atoms with Gasteiger partial charge < -0.3 is 20.3 Å². The van der Waals surface area contributed by atoms with Crippen LogP contribution in [0.25, 0.3) is 0 Å². The van der Waals surface area contributed by atoms with Gasteiger partial charge >= 0.3 is 0 Å². The Bertz CT molecular complexity index is 562. The van der Waals surface area contributed by atoms with Crippen LogP contribution in [0, 0.1) is 0 Å². The summed E-state index contributed by atoms with van der Waals surface area (Å²) in [5.41, 5.74) is 0. The molecule has 0 unspecified atom stereocenters. The van der Waals surface area contributed by atoms with Crippen molar-refractivity contribution in [3.05, 3.63) is 30.3 Å². The Morgan fingerprint density at radius 3 is 2.48 bits per heavy atom. The van der Waals surface area contributed by atoms with Crippen LogP contribution in [0.15, 0.2) is 35.3 Å². The summed E-state index contributed by atoms with van der Waals surface area (Å²) < 4.78 is 5.68. The summed E-state index contributed by atoms with van der Waals surface area (Å²) in [5.74, 6) is 1.85. The molecular formula is C19H32IN5O2. The van der Waals surface area contributed by atoms with Gasteiger partial charge in [-0.25, -0.2) is 0 Å². The number of halogens is 1. The summed E-state index contributed by atoms with van der Waals surface area (Å²) in [5, 5.41) is 6.55. The molecule has 27 heavy (non-hydrogen) atoms. The quantitative estimate of drug-likeness (QED) is 0.250. The minimum atomic E-state index is 0. The van der Waals surface area contributed by atoms with E-state index >= 15 is 0 Å². The molecule has 0 bridgehead atoms. The van der Waals surface area contributed by atoms with Gasteiger partial charge in [0.1, 0.15) is 12.4 Å². The fourth-order valence-electron chi connectivity index (χ4n) is 2.79. The van der Waals surface area contributed by atoms with Crippen LogP contribution >= 0.6 is 24.0 Å². The lowest BCUT2D eigenvalue weighted by Gasteiger charge is -2.33. The second kappa shape index (κ2) is 13.6. The lowest BCUT2D eigenvalue weighted by molar-refractivity contribution is -0.130. The number of aliphatic imine (C=N–C) groups is 1. The van der Waals surface area contributed by atoms with E-state index in [0.29, 0.717) is 13.2 Å². The van der Waals surface area contributed by atoms with Gasteiger partial charge in [-0.1, -0.05) is 18.2 Å². The van der Waals surface area contributed by atoms with E-state index in [1.165, 1.54) is 0 Å². The van der Waals surface area contributed by atoms with Crippen LogP contribution in [0.2, 0.25) is 0 Å². The highest BCUT2D eigenvalue weighted by atomic mass is 127. The van der Waals surface area contributed by atoms with Crippen LogP contribution < -0.4 is 15.4 Å². The van der Waals surface area contributed by atoms with Crippen molar-refractivity contribution in [2.45, 2.75) is 13.8 Å². The molecule has 7 nitrogen and oxygen atoms in total. The maximum atomic E-state index is 11.4. The lowest BCUT2D eigenvalue weighted by Crippen LogP contribution is -2.48. The zero-order valence-corrected chi connectivity index (χ0v) is 18.6. The van der Waals surface area contributed by atoms with Crippen molar-refractivity contribution in [3.63, 3.8) is 0 Å². The monoisotopic (exact) mass is 489 g/mol. The van der Waals surface area contributed by atoms with E-state index in [-0.39, 0.29) is 29.9 Å². The lowest BCUT2D eigenvalue weighted by atomic mass is 10.3. The third-order valence-electron chi connectivity index (χ3n) is 4.25. The van der Waals surface area contributed by atoms with E-state index in [2.05, 4.69) is 27.4 Å². The standard InChI is InChI=1S/C19H31N5O2.HI/c1-3-20-19(22-10-16-26-18-7-5-4-6-8-18)21-9-11-23-12-14-24(15-13-23)17(2)25;/h4-8H,3,9-16H2,1-2H3,(H2,20,21,22);1H. The zero-order valence-electron chi connectivity index (χ0n) is 16.3. The first-order chi connectivity index (χ1) is 12.7. The van der Waals surface area contributed by atoms with Crippen LogP contribution in [-0.2, 0) is 4.79 Å². The van der Waals surface area contributed by atoms with Gasteiger partial charge in [0.05, 0.1) is 13.1 Å². The highest BCUT2D eigenvalue weighted by Crippen LogP contribution is 2.07. The van der Waals surface area contributed by atoms with Crippen LogP contribution in [0.5, 0.6) is 5.75 Å². The number of para-hydroxylation sites is 1. The number of piperazine rings is 1. The predicted molar refractivity (Wildman–Crippen MR) is 120 cm³/mol. The molecular weight excluding hydrogens is 457 g/mol. The number of carbonyl (C=O) groups is 1. The number of guanidine groups is 1. The first-order valence-corrected chi connectivity index (χ1v) is 9.37. The average Bonchev–Trinajstić information content (AvgIpc) is 2.66. The molecule has 1 aliphatic rings. The largest absolute Gasteiger partial charge is 0.492 e. The smallest absolute Gasteiger partial charge is 0.219 e. The Morgan fingerprint density at radius 1 is 1.15 bits per heavy atom. The second-order valence-electron chi connectivity index (χ2n) is 6.20. The molecule has 2 N–H and O–H groups in total. The van der Waals surface area contributed by atoms with Crippen molar-refractivity contribution in [1.29, 1.82) is 0 Å². The summed E-state index contributed by atoms with van der Waals surface area (Å²) in [7, 11) is 0. The summed E-state index contributed by atoms with van der Waals surface area (Å²) in [6.07, 6.45) is 0. The molecule has 0 spiro atoms. The molecule has 1 amide bonds. The number of amides is 1. The number of rotatable bonds is 8. The van der Waals surface area contributed by atoms with Gasteiger partial charge in [-0.2, -0.15) is 0 Å². The number of nitrogens with zero attached hydrogens (tertiary/aromatic N) is 3. The summed E-state index contributed by atoms with van der Waals surface area (Å²) in [4.78, 5) is 20.2. The van der Waals surface area contributed by atoms with E-state index in [0.717, 1.165) is 57.5 Å². The van der Waals surface area contributed by atoms with Gasteiger partial charge in [-0.3, -0.25) is 14.7 Å². The van der Waals surface area contributed by atoms with E-state index < -0.39 is 0 Å². The number of hydrogen-bond donors (Lipinski definition) is 2. The van der Waals surface area contributed by atoms with Gasteiger partial charge in [0.15, 0.2) is 5.96 Å². The van der Waals surface area contributed by atoms with E-state index in [1.807, 2.05) is 35.2 Å². The van der Waals surface area contributed by atoms with Crippen LogP contribution in [0.1, 0.15) is 13.8 Å². The Balaban J connectivity index is 0.00000364. The number of benzene rings is 1. The van der Waals surface area contributed by atoms with E-state index in [9.17, 15) is 4.79 Å². The van der Waals surface area contributed by atoms with Gasteiger partial charge in [0.25, 0.3) is 0 Å². The van der Waals surface area contributed by atoms with Crippen molar-refractivity contribution in [1.82, 2.24) is 20.4 Å². The van der Waals surface area contributed by atoms with Gasteiger partial charge in [0, 0.05) is 46.2 Å². The summed E-state index contributed by atoms with van der Waals surface area (Å²) in [6.45, 7) is 10.9. The molecule has 0 atom stereocenters. The van der Waals surface area contributed by atoms with Crippen molar-refractivity contribution >= 4 is 35.8 Å². The van der Waals surface area contributed by atoms with Crippen LogP contribution in [0.3, 0.4) is 0 Å². The minimum Gasteiger partial charge on any atom is -0.492 e. The predicted octanol–water partition coefficient (Wildman–Crippen LogP) is 1.40. The molecule has 0 saturated carbocycles. The highest BCUT2D eigenvalue weighted by Gasteiger charge is 2.17. The number of ether oxygens (including phenoxy) is 1. The van der Waals surface area contributed by atoms with Crippen molar-refractivity contribution in [3.8, 4) is 5.75 Å². The van der Waals surface area contributed by atoms with E-state index in [4.69, 9.17) is 4.74 Å². The molecule has 2 rings (SSSR count). The molecule has 1 fully saturated rings. The molecule has 152 valence electrons. The zero-order chi connectivity index (χ0) is 18.6. The molecule has 0 aromatic heterocycles. The molecule has 1 saturated heterocycles. The molecule has 1 heterocycles. The molecule has 1 aromatic rings. The summed E-state index contributed by atoms with van der Waals surface area (Å²) in [6, 6.07) is 9.80. The van der Waals surface area contributed by atoms with Gasteiger partial charge in [0.2, 0.25) is 5.91 Å². The summed E-state index contributed by atoms with van der Waals surface area (Å²) >= 11 is 0. The van der Waals surface area contributed by atoms with Gasteiger partial charge in [-0.15, -0.1) is 24.0 Å². The van der Waals surface area contributed by atoms with E-state index in [1.54, 1.807) is 6.92 Å². The molecule has 0 aliphatic carbocycles. The fraction of sp³-hybridized carbons (Fsp3) is 0.579. The molecule has 1 aromatic carbocycles. The SMILES string of the molecule is CCNC(=NCCN1CCN(C(C)=O)CC1)NCCOc1ccccc1.I. The first kappa shape index (κ1) is 23.5. The average molecular weight is 489 g/mol. The topological polar surface area (TPSA) is 69.2 Å². The molecule has 8 heteroatoms. The van der Waals surface area contributed by atoms with Crippen molar-refractivity contribution in [2.75, 3.05) is 59.0 Å². The van der Waals surface area contributed by atoms with Crippen LogP contribution in [0.4, 0.5) is 0 Å². The van der Waals surface area contributed by atoms with Gasteiger partial charge in [-0.05, 0) is 19.1 Å².